The van der Waals surface area contributed by atoms with Gasteiger partial charge in [-0.2, -0.15) is 0 Å². The Morgan fingerprint density at radius 3 is 2.96 bits per heavy atom. The van der Waals surface area contributed by atoms with Gasteiger partial charge in [0.2, 0.25) is 11.8 Å². The van der Waals surface area contributed by atoms with Crippen molar-refractivity contribution in [3.63, 3.8) is 0 Å². The summed E-state index contributed by atoms with van der Waals surface area (Å²) >= 11 is 3.01. The summed E-state index contributed by atoms with van der Waals surface area (Å²) < 4.78 is 1.87. The van der Waals surface area contributed by atoms with Crippen molar-refractivity contribution in [2.75, 3.05) is 22.5 Å². The minimum Gasteiger partial charge on any atom is -0.326 e. The average Bonchev–Trinajstić information content (AvgIpc) is 3.29. The summed E-state index contributed by atoms with van der Waals surface area (Å²) in [6.45, 7) is 2.57. The quantitative estimate of drug-likeness (QED) is 0.651. The van der Waals surface area contributed by atoms with Crippen LogP contribution in [-0.4, -0.2) is 29.1 Å². The molecule has 0 atom stereocenters. The maximum atomic E-state index is 12.6. The van der Waals surface area contributed by atoms with Gasteiger partial charge in [0.15, 0.2) is 4.34 Å². The molecule has 138 valence electrons. The van der Waals surface area contributed by atoms with Gasteiger partial charge >= 0.3 is 0 Å². The van der Waals surface area contributed by atoms with Crippen LogP contribution in [0.15, 0.2) is 46.8 Å². The minimum atomic E-state index is -0.00930. The molecular weight excluding hydrogens is 378 g/mol. The highest BCUT2D eigenvalue weighted by Crippen LogP contribution is 2.33. The average molecular weight is 398 g/mol. The first-order chi connectivity index (χ1) is 13.1. The lowest BCUT2D eigenvalue weighted by molar-refractivity contribution is -0.116. The number of para-hydroxylation sites is 1. The van der Waals surface area contributed by atoms with Crippen molar-refractivity contribution in [1.29, 1.82) is 0 Å². The maximum absolute atomic E-state index is 12.6. The standard InChI is InChI=1S/C20H19N3O2S2/c1-2-18(24)21-14-7-8-15-17(11-14)27-20(22-15)26-12-19(25)23-10-9-13-5-3-4-6-16(13)23/h3-8,11H,2,9-10,12H2,1H3,(H,21,24). The molecule has 1 aromatic heterocycles. The fourth-order valence-corrected chi connectivity index (χ4v) is 5.07. The second-order valence-corrected chi connectivity index (χ2v) is 8.53. The largest absolute Gasteiger partial charge is 0.326 e. The molecule has 27 heavy (non-hydrogen) atoms. The van der Waals surface area contributed by atoms with Crippen molar-refractivity contribution in [3.05, 3.63) is 48.0 Å². The summed E-state index contributed by atoms with van der Waals surface area (Å²) in [5.41, 5.74) is 3.93. The highest BCUT2D eigenvalue weighted by Gasteiger charge is 2.24. The molecule has 0 unspecified atom stereocenters. The Morgan fingerprint density at radius 2 is 2.11 bits per heavy atom. The van der Waals surface area contributed by atoms with Crippen LogP contribution in [0, 0.1) is 0 Å². The van der Waals surface area contributed by atoms with Crippen LogP contribution < -0.4 is 10.2 Å². The third-order valence-electron chi connectivity index (χ3n) is 4.48. The van der Waals surface area contributed by atoms with E-state index in [0.717, 1.165) is 38.9 Å². The van der Waals surface area contributed by atoms with Crippen molar-refractivity contribution < 1.29 is 9.59 Å². The summed E-state index contributed by atoms with van der Waals surface area (Å²) in [5.74, 6) is 0.471. The highest BCUT2D eigenvalue weighted by atomic mass is 32.2. The van der Waals surface area contributed by atoms with E-state index in [1.54, 1.807) is 11.3 Å². The van der Waals surface area contributed by atoms with E-state index in [-0.39, 0.29) is 11.8 Å². The van der Waals surface area contributed by atoms with Crippen LogP contribution in [0.2, 0.25) is 0 Å². The van der Waals surface area contributed by atoms with E-state index in [9.17, 15) is 9.59 Å². The third kappa shape index (κ3) is 3.84. The summed E-state index contributed by atoms with van der Waals surface area (Å²) in [7, 11) is 0. The molecule has 0 radical (unpaired) electrons. The topological polar surface area (TPSA) is 62.3 Å². The van der Waals surface area contributed by atoms with Gasteiger partial charge < -0.3 is 10.2 Å². The Morgan fingerprint density at radius 1 is 1.26 bits per heavy atom. The zero-order valence-electron chi connectivity index (χ0n) is 14.9. The van der Waals surface area contributed by atoms with Gasteiger partial charge in [-0.05, 0) is 36.2 Å². The van der Waals surface area contributed by atoms with Crippen LogP contribution in [0.3, 0.4) is 0 Å². The molecule has 1 N–H and O–H groups in total. The lowest BCUT2D eigenvalue weighted by atomic mass is 10.2. The van der Waals surface area contributed by atoms with E-state index in [2.05, 4.69) is 16.4 Å². The zero-order chi connectivity index (χ0) is 18.8. The van der Waals surface area contributed by atoms with Crippen molar-refractivity contribution in [1.82, 2.24) is 4.98 Å². The monoisotopic (exact) mass is 397 g/mol. The third-order valence-corrected chi connectivity index (χ3v) is 6.63. The Balaban J connectivity index is 1.43. The molecule has 0 spiro atoms. The molecule has 0 bridgehead atoms. The number of fused-ring (bicyclic) bond motifs is 2. The van der Waals surface area contributed by atoms with Gasteiger partial charge in [0.05, 0.1) is 16.0 Å². The fourth-order valence-electron chi connectivity index (χ4n) is 3.09. The first-order valence-corrected chi connectivity index (χ1v) is 10.7. The van der Waals surface area contributed by atoms with E-state index in [0.29, 0.717) is 12.2 Å². The molecule has 0 saturated carbocycles. The van der Waals surface area contributed by atoms with Gasteiger partial charge in [0.25, 0.3) is 0 Å². The number of nitrogens with one attached hydrogen (secondary N) is 1. The van der Waals surface area contributed by atoms with Gasteiger partial charge in [-0.15, -0.1) is 11.3 Å². The molecule has 0 aliphatic carbocycles. The van der Waals surface area contributed by atoms with Crippen molar-refractivity contribution >= 4 is 56.5 Å². The number of carbonyl (C=O) groups excluding carboxylic acids is 2. The predicted octanol–water partition coefficient (Wildman–Crippen LogP) is 4.33. The van der Waals surface area contributed by atoms with E-state index in [1.165, 1.54) is 17.3 Å². The maximum Gasteiger partial charge on any atom is 0.237 e. The molecule has 7 heteroatoms. The zero-order valence-corrected chi connectivity index (χ0v) is 16.5. The number of hydrogen-bond acceptors (Lipinski definition) is 5. The smallest absolute Gasteiger partial charge is 0.237 e. The normalized spacial score (nSPS) is 13.0. The summed E-state index contributed by atoms with van der Waals surface area (Å²) in [6.07, 6.45) is 1.36. The number of anilines is 2. The highest BCUT2D eigenvalue weighted by molar-refractivity contribution is 8.01. The molecular formula is C20H19N3O2S2. The Bertz CT molecular complexity index is 1020. The number of hydrogen-bond donors (Lipinski definition) is 1. The van der Waals surface area contributed by atoms with Crippen LogP contribution in [0.25, 0.3) is 10.2 Å². The number of aromatic nitrogens is 1. The number of benzene rings is 2. The Labute approximate surface area is 165 Å². The number of rotatable bonds is 5. The molecule has 0 saturated heterocycles. The molecule has 5 nitrogen and oxygen atoms in total. The molecule has 2 heterocycles. The number of thioether (sulfide) groups is 1. The summed E-state index contributed by atoms with van der Waals surface area (Å²) in [4.78, 5) is 30.6. The van der Waals surface area contributed by atoms with Gasteiger partial charge in [0.1, 0.15) is 0 Å². The molecule has 3 aromatic rings. The van der Waals surface area contributed by atoms with Gasteiger partial charge in [-0.1, -0.05) is 36.9 Å². The van der Waals surface area contributed by atoms with Crippen LogP contribution in [0.4, 0.5) is 11.4 Å². The van der Waals surface area contributed by atoms with E-state index in [4.69, 9.17) is 0 Å². The van der Waals surface area contributed by atoms with Crippen molar-refractivity contribution in [3.8, 4) is 0 Å². The molecule has 4 rings (SSSR count). The molecule has 2 aromatic carbocycles. The SMILES string of the molecule is CCC(=O)Nc1ccc2nc(SCC(=O)N3CCc4ccccc43)sc2c1. The van der Waals surface area contributed by atoms with Crippen LogP contribution >= 0.6 is 23.1 Å². The molecule has 1 aliphatic rings. The van der Waals surface area contributed by atoms with Gasteiger partial charge in [-0.25, -0.2) is 4.98 Å². The Kier molecular flexibility index (Phi) is 5.13. The predicted molar refractivity (Wildman–Crippen MR) is 112 cm³/mol. The lowest BCUT2D eigenvalue weighted by Gasteiger charge is -2.16. The van der Waals surface area contributed by atoms with E-state index < -0.39 is 0 Å². The molecule has 1 aliphatic heterocycles. The summed E-state index contributed by atoms with van der Waals surface area (Å²) in [5, 5.41) is 2.86. The number of carbonyl (C=O) groups is 2. The van der Waals surface area contributed by atoms with E-state index in [1.807, 2.05) is 48.2 Å². The van der Waals surface area contributed by atoms with Crippen molar-refractivity contribution in [2.24, 2.45) is 0 Å². The van der Waals surface area contributed by atoms with Gasteiger partial charge in [0, 0.05) is 24.3 Å². The van der Waals surface area contributed by atoms with Crippen LogP contribution in [-0.2, 0) is 16.0 Å². The number of thiazole rings is 1. The fraction of sp³-hybridized carbons (Fsp3) is 0.250. The minimum absolute atomic E-state index is 0.00930. The molecule has 0 fully saturated rings. The van der Waals surface area contributed by atoms with Crippen molar-refractivity contribution in [2.45, 2.75) is 24.1 Å². The van der Waals surface area contributed by atoms with Gasteiger partial charge in [-0.3, -0.25) is 9.59 Å². The van der Waals surface area contributed by atoms with E-state index >= 15 is 0 Å². The second-order valence-electron chi connectivity index (χ2n) is 6.28. The first kappa shape index (κ1) is 18.0. The second kappa shape index (κ2) is 7.70. The first-order valence-electron chi connectivity index (χ1n) is 8.85. The number of amides is 2. The number of nitrogens with zero attached hydrogens (tertiary/aromatic N) is 2. The Hall–Kier alpha value is -2.38. The lowest BCUT2D eigenvalue weighted by Crippen LogP contribution is -2.30. The van der Waals surface area contributed by atoms with Crippen LogP contribution in [0.1, 0.15) is 18.9 Å². The molecule has 2 amide bonds. The van der Waals surface area contributed by atoms with Crippen LogP contribution in [0.5, 0.6) is 0 Å². The summed E-state index contributed by atoms with van der Waals surface area (Å²) in [6, 6.07) is 13.8.